The van der Waals surface area contributed by atoms with Crippen molar-refractivity contribution in [2.75, 3.05) is 0 Å². The molecule has 0 aliphatic rings. The molecule has 0 radical (unpaired) electrons. The summed E-state index contributed by atoms with van der Waals surface area (Å²) >= 11 is 0. The molecule has 6 aromatic carbocycles. The topological polar surface area (TPSA) is 60.9 Å². The van der Waals surface area contributed by atoms with Gasteiger partial charge in [0.2, 0.25) is 0 Å². The molecule has 0 atom stereocenters. The molecule has 0 bridgehead atoms. The fourth-order valence-electron chi connectivity index (χ4n) is 6.97. The van der Waals surface area contributed by atoms with Crippen LogP contribution >= 0.6 is 0 Å². The Bertz CT molecular complexity index is 2760. The second kappa shape index (κ2) is 10.4. The van der Waals surface area contributed by atoms with Crippen molar-refractivity contribution in [1.82, 2.24) is 28.9 Å². The van der Waals surface area contributed by atoms with Crippen LogP contribution in [0.1, 0.15) is 0 Å². The van der Waals surface area contributed by atoms with Crippen molar-refractivity contribution in [2.45, 2.75) is 0 Å². The third-order valence-electron chi connectivity index (χ3n) is 9.13. The monoisotopic (exact) mass is 614 g/mol. The fourth-order valence-corrected chi connectivity index (χ4v) is 6.97. The van der Waals surface area contributed by atoms with Crippen LogP contribution in [0.25, 0.3) is 89.2 Å². The van der Waals surface area contributed by atoms with Crippen molar-refractivity contribution >= 4 is 49.4 Å². The molecule has 224 valence electrons. The minimum atomic E-state index is 0.616. The van der Waals surface area contributed by atoms with Crippen molar-refractivity contribution in [3.63, 3.8) is 0 Å². The van der Waals surface area contributed by atoms with Gasteiger partial charge >= 0.3 is 0 Å². The van der Waals surface area contributed by atoms with E-state index in [4.69, 9.17) is 19.9 Å². The summed E-state index contributed by atoms with van der Waals surface area (Å²) in [7, 11) is 0. The summed E-state index contributed by atoms with van der Waals surface area (Å²) in [6.07, 6.45) is 0. The third-order valence-corrected chi connectivity index (χ3v) is 9.13. The molecule has 6 nitrogen and oxygen atoms in total. The summed E-state index contributed by atoms with van der Waals surface area (Å²) in [5, 5.41) is 4.54. The lowest BCUT2D eigenvalue weighted by atomic mass is 10.1. The van der Waals surface area contributed by atoms with E-state index in [9.17, 15) is 0 Å². The summed E-state index contributed by atoms with van der Waals surface area (Å²) in [6.45, 7) is 0. The smallest absolute Gasteiger partial charge is 0.164 e. The predicted molar refractivity (Wildman–Crippen MR) is 194 cm³/mol. The van der Waals surface area contributed by atoms with Crippen molar-refractivity contribution in [3.8, 4) is 39.9 Å². The van der Waals surface area contributed by atoms with E-state index in [0.717, 1.165) is 61.0 Å². The highest BCUT2D eigenvalue weighted by atomic mass is 15.2. The van der Waals surface area contributed by atoms with Gasteiger partial charge in [-0.2, -0.15) is 0 Å². The quantitative estimate of drug-likeness (QED) is 0.185. The molecule has 48 heavy (non-hydrogen) atoms. The van der Waals surface area contributed by atoms with Crippen molar-refractivity contribution in [2.24, 2.45) is 0 Å². The minimum Gasteiger partial charge on any atom is -0.294 e. The number of hydrogen-bond acceptors (Lipinski definition) is 4. The number of aromatic nitrogens is 6. The maximum atomic E-state index is 5.42. The summed E-state index contributed by atoms with van der Waals surface area (Å²) in [5.41, 5.74) is 8.92. The maximum absolute atomic E-state index is 5.42. The zero-order chi connectivity index (χ0) is 31.6. The number of benzene rings is 6. The molecule has 4 aromatic heterocycles. The molecule has 4 heterocycles. The lowest BCUT2D eigenvalue weighted by molar-refractivity contribution is 1.07. The molecular weight excluding hydrogens is 589 g/mol. The Morgan fingerprint density at radius 3 is 1.58 bits per heavy atom. The van der Waals surface area contributed by atoms with Crippen LogP contribution in [0, 0.1) is 0 Å². The second-order valence-corrected chi connectivity index (χ2v) is 11.9. The Hall–Kier alpha value is -6.66. The molecule has 0 unspecified atom stereocenters. The van der Waals surface area contributed by atoms with Gasteiger partial charge in [0.15, 0.2) is 23.1 Å². The van der Waals surface area contributed by atoms with Gasteiger partial charge in [-0.15, -0.1) is 0 Å². The zero-order valence-corrected chi connectivity index (χ0v) is 25.7. The summed E-state index contributed by atoms with van der Waals surface area (Å²) in [5.74, 6) is 1.89. The van der Waals surface area contributed by atoms with Crippen molar-refractivity contribution in [3.05, 3.63) is 158 Å². The zero-order valence-electron chi connectivity index (χ0n) is 25.7. The molecule has 10 rings (SSSR count). The van der Waals surface area contributed by atoms with Gasteiger partial charge < -0.3 is 0 Å². The number of para-hydroxylation sites is 2. The number of hydrogen-bond donors (Lipinski definition) is 0. The van der Waals surface area contributed by atoms with E-state index in [1.54, 1.807) is 0 Å². The molecular formula is C42H26N6. The lowest BCUT2D eigenvalue weighted by Gasteiger charge is -2.12. The average Bonchev–Trinajstić information content (AvgIpc) is 3.71. The van der Waals surface area contributed by atoms with Crippen LogP contribution in [0.2, 0.25) is 0 Å². The van der Waals surface area contributed by atoms with Gasteiger partial charge in [-0.1, -0.05) is 121 Å². The van der Waals surface area contributed by atoms with E-state index < -0.39 is 0 Å². The number of fused-ring (bicyclic) bond motifs is 10. The van der Waals surface area contributed by atoms with E-state index >= 15 is 0 Å². The lowest BCUT2D eigenvalue weighted by Crippen LogP contribution is -2.00. The van der Waals surface area contributed by atoms with E-state index in [1.165, 1.54) is 10.8 Å². The molecule has 0 aliphatic heterocycles. The Balaban J connectivity index is 1.31. The molecule has 0 amide bonds. The maximum Gasteiger partial charge on any atom is 0.164 e. The fraction of sp³-hybridized carbons (Fsp3) is 0. The number of pyridine rings is 1. The highest BCUT2D eigenvalue weighted by Gasteiger charge is 2.22. The second-order valence-electron chi connectivity index (χ2n) is 11.9. The Morgan fingerprint density at radius 1 is 0.375 bits per heavy atom. The molecule has 0 spiro atoms. The average molecular weight is 615 g/mol. The number of imidazole rings is 1. The molecule has 0 N–H and O–H groups in total. The van der Waals surface area contributed by atoms with Crippen LogP contribution < -0.4 is 0 Å². The van der Waals surface area contributed by atoms with E-state index in [-0.39, 0.29) is 0 Å². The van der Waals surface area contributed by atoms with Gasteiger partial charge in [-0.05, 0) is 41.8 Å². The first-order chi connectivity index (χ1) is 23.8. The Labute approximate surface area is 275 Å². The van der Waals surface area contributed by atoms with Gasteiger partial charge in [-0.3, -0.25) is 8.97 Å². The SMILES string of the molecule is c1ccc(-c2nc(-c3ccccc3)nc(-c3ccc4c(c3)c3nc5c6ccccc6c6ccccc6n5c3n4-c3ccccc3)n2)cc1. The molecule has 0 saturated heterocycles. The van der Waals surface area contributed by atoms with Crippen LogP contribution in [0.3, 0.4) is 0 Å². The molecule has 0 aliphatic carbocycles. The molecule has 6 heteroatoms. The van der Waals surface area contributed by atoms with E-state index in [0.29, 0.717) is 17.5 Å². The Kier molecular flexibility index (Phi) is 5.77. The van der Waals surface area contributed by atoms with Gasteiger partial charge in [0.25, 0.3) is 0 Å². The molecule has 0 fully saturated rings. The Morgan fingerprint density at radius 2 is 0.917 bits per heavy atom. The summed E-state index contributed by atoms with van der Waals surface area (Å²) in [6, 6.07) is 54.3. The largest absolute Gasteiger partial charge is 0.294 e. The normalized spacial score (nSPS) is 11.8. The first kappa shape index (κ1) is 26.5. The highest BCUT2D eigenvalue weighted by molar-refractivity contribution is 6.17. The standard InChI is InChI=1S/C42H26N6/c1-4-14-27(15-5-1)38-44-39(28-16-6-2-7-17-28)46-40(45-38)29-24-25-36-34(26-29)37-42(47(36)30-18-8-3-9-19-30)48-35-23-13-12-21-32(35)31-20-10-11-22-33(31)41(48)43-37/h1-26H. The first-order valence-corrected chi connectivity index (χ1v) is 16.0. The molecule has 0 saturated carbocycles. The highest BCUT2D eigenvalue weighted by Crippen LogP contribution is 2.39. The van der Waals surface area contributed by atoms with Crippen LogP contribution in [0.5, 0.6) is 0 Å². The summed E-state index contributed by atoms with van der Waals surface area (Å²) in [4.78, 5) is 20.4. The van der Waals surface area contributed by atoms with Crippen LogP contribution in [0.15, 0.2) is 158 Å². The molecule has 10 aromatic rings. The van der Waals surface area contributed by atoms with Crippen LogP contribution in [-0.2, 0) is 0 Å². The van der Waals surface area contributed by atoms with Crippen molar-refractivity contribution in [1.29, 1.82) is 0 Å². The minimum absolute atomic E-state index is 0.616. The third kappa shape index (κ3) is 3.99. The van der Waals surface area contributed by atoms with Crippen LogP contribution in [0.4, 0.5) is 0 Å². The predicted octanol–water partition coefficient (Wildman–Crippen LogP) is 9.92. The van der Waals surface area contributed by atoms with Crippen LogP contribution in [-0.4, -0.2) is 28.9 Å². The van der Waals surface area contributed by atoms with E-state index in [1.807, 2.05) is 60.7 Å². The van der Waals surface area contributed by atoms with E-state index in [2.05, 4.69) is 106 Å². The van der Waals surface area contributed by atoms with Gasteiger partial charge in [-0.25, -0.2) is 19.9 Å². The number of nitrogens with zero attached hydrogens (tertiary/aromatic N) is 6. The number of rotatable bonds is 4. The van der Waals surface area contributed by atoms with Crippen molar-refractivity contribution < 1.29 is 0 Å². The van der Waals surface area contributed by atoms with Gasteiger partial charge in [0, 0.05) is 38.5 Å². The first-order valence-electron chi connectivity index (χ1n) is 16.0. The summed E-state index contributed by atoms with van der Waals surface area (Å²) < 4.78 is 4.65. The van der Waals surface area contributed by atoms with Gasteiger partial charge in [0.05, 0.1) is 11.0 Å². The van der Waals surface area contributed by atoms with Gasteiger partial charge in [0.1, 0.15) is 11.2 Å².